The molecule has 33 heavy (non-hydrogen) atoms. The molecule has 0 atom stereocenters. The fourth-order valence-electron chi connectivity index (χ4n) is 4.81. The van der Waals surface area contributed by atoms with Crippen molar-refractivity contribution in [3.63, 3.8) is 0 Å². The number of nitrogens with zero attached hydrogens (tertiary/aromatic N) is 3. The van der Waals surface area contributed by atoms with Crippen LogP contribution in [0.15, 0.2) is 60.3 Å². The lowest BCUT2D eigenvalue weighted by Crippen LogP contribution is -2.42. The molecule has 0 saturated heterocycles. The number of para-hydroxylation sites is 2. The van der Waals surface area contributed by atoms with E-state index in [-0.39, 0.29) is 24.1 Å². The molecule has 0 spiro atoms. The zero-order chi connectivity index (χ0) is 23.4. The second kappa shape index (κ2) is 9.74. The third-order valence-corrected chi connectivity index (χ3v) is 6.28. The van der Waals surface area contributed by atoms with Crippen molar-refractivity contribution in [2.45, 2.75) is 51.6 Å². The molecule has 0 aliphatic heterocycles. The second-order valence-corrected chi connectivity index (χ2v) is 8.55. The van der Waals surface area contributed by atoms with E-state index < -0.39 is 5.97 Å². The van der Waals surface area contributed by atoms with Crippen molar-refractivity contribution < 1.29 is 14.7 Å². The second-order valence-electron chi connectivity index (χ2n) is 8.55. The molecule has 0 unspecified atom stereocenters. The normalized spacial score (nSPS) is 14.7. The topological polar surface area (TPSA) is 86.3 Å². The molecule has 3 aromatic rings. The minimum absolute atomic E-state index is 0.0420. The average Bonchev–Trinajstić information content (AvgIpc) is 3.16. The van der Waals surface area contributed by atoms with E-state index in [0.717, 1.165) is 54.3 Å². The summed E-state index contributed by atoms with van der Waals surface area (Å²) < 4.78 is 1.66. The van der Waals surface area contributed by atoms with Gasteiger partial charge >= 0.3 is 5.97 Å². The Balaban J connectivity index is 1.78. The summed E-state index contributed by atoms with van der Waals surface area (Å²) >= 11 is 0. The smallest absolute Gasteiger partial charge is 0.323 e. The highest BCUT2D eigenvalue weighted by molar-refractivity contribution is 6.12. The molecule has 1 N–H and O–H groups in total. The number of hydrogen-bond donors (Lipinski definition) is 1. The van der Waals surface area contributed by atoms with E-state index in [1.54, 1.807) is 21.7 Å². The van der Waals surface area contributed by atoms with Crippen LogP contribution in [0.2, 0.25) is 0 Å². The predicted molar refractivity (Wildman–Crippen MR) is 129 cm³/mol. The molecule has 6 heteroatoms. The number of aromatic nitrogens is 1. The monoisotopic (exact) mass is 441 g/mol. The Hall–Kier alpha value is -3.85. The number of aliphatic carboxylic acids is 1. The molecule has 1 aromatic heterocycles. The maximum Gasteiger partial charge on any atom is 0.323 e. The molecular formula is C27H27N3O3. The van der Waals surface area contributed by atoms with E-state index in [1.807, 2.05) is 55.5 Å². The molecule has 0 radical (unpaired) electrons. The zero-order valence-electron chi connectivity index (χ0n) is 18.7. The van der Waals surface area contributed by atoms with Crippen LogP contribution >= 0.6 is 0 Å². The number of aryl methyl sites for hydroxylation is 1. The van der Waals surface area contributed by atoms with Crippen molar-refractivity contribution >= 4 is 34.5 Å². The molecule has 1 fully saturated rings. The van der Waals surface area contributed by atoms with Gasteiger partial charge in [0.25, 0.3) is 5.91 Å². The van der Waals surface area contributed by atoms with Crippen molar-refractivity contribution in [1.82, 2.24) is 4.57 Å². The van der Waals surface area contributed by atoms with E-state index in [1.165, 1.54) is 0 Å². The van der Waals surface area contributed by atoms with Gasteiger partial charge in [-0.25, -0.2) is 0 Å². The number of fused-ring (bicyclic) bond motifs is 1. The van der Waals surface area contributed by atoms with Gasteiger partial charge in [0.1, 0.15) is 18.2 Å². The number of carbonyl (C=O) groups excluding carboxylic acids is 1. The van der Waals surface area contributed by atoms with Crippen molar-refractivity contribution in [2.24, 2.45) is 0 Å². The van der Waals surface area contributed by atoms with Crippen molar-refractivity contribution in [2.75, 3.05) is 4.90 Å². The molecule has 6 nitrogen and oxygen atoms in total. The molecule has 1 aliphatic carbocycles. The third-order valence-electron chi connectivity index (χ3n) is 6.28. The van der Waals surface area contributed by atoms with Gasteiger partial charge in [0.05, 0.1) is 5.52 Å². The molecule has 1 saturated carbocycles. The summed E-state index contributed by atoms with van der Waals surface area (Å²) in [5.41, 5.74) is 3.23. The van der Waals surface area contributed by atoms with Gasteiger partial charge in [-0.1, -0.05) is 55.7 Å². The van der Waals surface area contributed by atoms with Crippen LogP contribution in [0, 0.1) is 18.3 Å². The quantitative estimate of drug-likeness (QED) is 0.415. The summed E-state index contributed by atoms with van der Waals surface area (Å²) in [4.78, 5) is 26.9. The van der Waals surface area contributed by atoms with Gasteiger partial charge in [0.2, 0.25) is 0 Å². The summed E-state index contributed by atoms with van der Waals surface area (Å²) in [6.45, 7) is 1.73. The van der Waals surface area contributed by atoms with E-state index in [4.69, 9.17) is 0 Å². The lowest BCUT2D eigenvalue weighted by atomic mass is 9.93. The van der Waals surface area contributed by atoms with E-state index in [2.05, 4.69) is 6.07 Å². The molecule has 1 aliphatic rings. The Morgan fingerprint density at radius 3 is 2.52 bits per heavy atom. The summed E-state index contributed by atoms with van der Waals surface area (Å²) in [5, 5.41) is 20.1. The first-order valence-electron chi connectivity index (χ1n) is 11.3. The van der Waals surface area contributed by atoms with Crippen LogP contribution in [0.25, 0.3) is 17.0 Å². The number of carboxylic acids is 1. The number of carbonyl (C=O) groups is 2. The number of rotatable bonds is 6. The van der Waals surface area contributed by atoms with Crippen LogP contribution in [-0.2, 0) is 16.1 Å². The number of hydrogen-bond acceptors (Lipinski definition) is 3. The zero-order valence-corrected chi connectivity index (χ0v) is 18.7. The van der Waals surface area contributed by atoms with Crippen molar-refractivity contribution in [3.05, 3.63) is 71.4 Å². The maximum atomic E-state index is 13.7. The summed E-state index contributed by atoms with van der Waals surface area (Å²) in [6, 6.07) is 17.4. The maximum absolute atomic E-state index is 13.7. The van der Waals surface area contributed by atoms with Gasteiger partial charge in [-0.05, 0) is 43.5 Å². The first-order chi connectivity index (χ1) is 16.0. The molecule has 0 bridgehead atoms. The summed E-state index contributed by atoms with van der Waals surface area (Å²) in [5.74, 6) is -1.27. The lowest BCUT2D eigenvalue weighted by Gasteiger charge is -2.34. The highest BCUT2D eigenvalue weighted by atomic mass is 16.4. The highest BCUT2D eigenvalue weighted by Gasteiger charge is 2.29. The van der Waals surface area contributed by atoms with Crippen LogP contribution < -0.4 is 4.90 Å². The fraction of sp³-hybridized carbons (Fsp3) is 0.296. The molecule has 1 amide bonds. The summed E-state index contributed by atoms with van der Waals surface area (Å²) in [7, 11) is 0. The van der Waals surface area contributed by atoms with Gasteiger partial charge in [0, 0.05) is 28.9 Å². The Morgan fingerprint density at radius 1 is 1.12 bits per heavy atom. The van der Waals surface area contributed by atoms with Crippen molar-refractivity contribution in [3.8, 4) is 6.07 Å². The van der Waals surface area contributed by atoms with E-state index in [9.17, 15) is 20.0 Å². The standard InChI is InChI=1S/C27H27N3O3/c1-19-9-8-14-24-21(17-29(26(19)24)18-25(31)32)15-20(16-28)27(33)30(22-10-4-2-5-11-22)23-12-6-3-7-13-23/h2,4-5,8-11,14-15,17,23H,3,6-7,12-13,18H2,1H3,(H,31,32)/b20-15+. The minimum Gasteiger partial charge on any atom is -0.480 e. The van der Waals surface area contributed by atoms with Crippen molar-refractivity contribution in [1.29, 1.82) is 5.26 Å². The predicted octanol–water partition coefficient (Wildman–Crippen LogP) is 5.31. The first kappa shape index (κ1) is 22.3. The van der Waals surface area contributed by atoms with Crippen LogP contribution in [0.4, 0.5) is 5.69 Å². The SMILES string of the molecule is Cc1cccc2c(/C=C(\C#N)C(=O)N(c3ccccc3)C3CCCCC3)cn(CC(=O)O)c12. The Labute approximate surface area is 193 Å². The minimum atomic E-state index is -0.949. The van der Waals surface area contributed by atoms with Crippen LogP contribution in [0.5, 0.6) is 0 Å². The molecule has 1 heterocycles. The van der Waals surface area contributed by atoms with Gasteiger partial charge in [0.15, 0.2) is 0 Å². The largest absolute Gasteiger partial charge is 0.480 e. The first-order valence-corrected chi connectivity index (χ1v) is 11.3. The fourth-order valence-corrected chi connectivity index (χ4v) is 4.81. The third kappa shape index (κ3) is 4.68. The Kier molecular flexibility index (Phi) is 6.60. The molecule has 2 aromatic carbocycles. The summed E-state index contributed by atoms with van der Waals surface area (Å²) in [6.07, 6.45) is 8.43. The number of benzene rings is 2. The highest BCUT2D eigenvalue weighted by Crippen LogP contribution is 2.30. The number of anilines is 1. The number of amides is 1. The Morgan fingerprint density at radius 2 is 1.85 bits per heavy atom. The van der Waals surface area contributed by atoms with E-state index in [0.29, 0.717) is 5.56 Å². The average molecular weight is 442 g/mol. The van der Waals surface area contributed by atoms with Gasteiger partial charge in [-0.15, -0.1) is 0 Å². The van der Waals surface area contributed by atoms with Gasteiger partial charge in [-0.3, -0.25) is 9.59 Å². The van der Waals surface area contributed by atoms with Crippen LogP contribution in [0.1, 0.15) is 43.2 Å². The Bertz CT molecular complexity index is 1240. The van der Waals surface area contributed by atoms with Crippen LogP contribution in [-0.4, -0.2) is 27.6 Å². The molecule has 4 rings (SSSR count). The number of carboxylic acid groups (broad SMARTS) is 1. The lowest BCUT2D eigenvalue weighted by molar-refractivity contribution is -0.137. The van der Waals surface area contributed by atoms with Gasteiger partial charge in [-0.2, -0.15) is 5.26 Å². The molecular weight excluding hydrogens is 414 g/mol. The molecule has 168 valence electrons. The number of nitriles is 1. The van der Waals surface area contributed by atoms with E-state index >= 15 is 0 Å². The van der Waals surface area contributed by atoms with Crippen LogP contribution in [0.3, 0.4) is 0 Å². The van der Waals surface area contributed by atoms with Gasteiger partial charge < -0.3 is 14.6 Å².